The topological polar surface area (TPSA) is 18.5 Å². The van der Waals surface area contributed by atoms with Gasteiger partial charge in [-0.3, -0.25) is 0 Å². The quantitative estimate of drug-likeness (QED) is 0.627. The highest BCUT2D eigenvalue weighted by Crippen LogP contribution is 2.15. The van der Waals surface area contributed by atoms with Gasteiger partial charge in [-0.15, -0.1) is 0 Å². The molecule has 1 rings (SSSR count). The lowest BCUT2D eigenvalue weighted by atomic mass is 10.0. The van der Waals surface area contributed by atoms with Gasteiger partial charge in [0, 0.05) is 6.42 Å². The van der Waals surface area contributed by atoms with E-state index in [1.807, 2.05) is 0 Å². The SMILES string of the molecule is CC(=CCCC(C)C)CCC1OCCO1. The van der Waals surface area contributed by atoms with Crippen LogP contribution < -0.4 is 0 Å². The summed E-state index contributed by atoms with van der Waals surface area (Å²) in [4.78, 5) is 0. The van der Waals surface area contributed by atoms with Crippen molar-refractivity contribution in [2.24, 2.45) is 5.92 Å². The van der Waals surface area contributed by atoms with E-state index >= 15 is 0 Å². The third-order valence-corrected chi connectivity index (χ3v) is 2.70. The molecule has 1 heterocycles. The molecule has 0 aromatic heterocycles. The zero-order valence-electron chi connectivity index (χ0n) is 10.3. The van der Waals surface area contributed by atoms with Gasteiger partial charge in [0.15, 0.2) is 6.29 Å². The van der Waals surface area contributed by atoms with Crippen molar-refractivity contribution >= 4 is 0 Å². The van der Waals surface area contributed by atoms with E-state index in [0.29, 0.717) is 0 Å². The lowest BCUT2D eigenvalue weighted by molar-refractivity contribution is -0.0461. The van der Waals surface area contributed by atoms with Crippen LogP contribution in [-0.4, -0.2) is 19.5 Å². The fraction of sp³-hybridized carbons (Fsp3) is 0.846. The van der Waals surface area contributed by atoms with Gasteiger partial charge in [-0.1, -0.05) is 25.5 Å². The molecule has 15 heavy (non-hydrogen) atoms. The van der Waals surface area contributed by atoms with Crippen LogP contribution >= 0.6 is 0 Å². The summed E-state index contributed by atoms with van der Waals surface area (Å²) < 4.78 is 10.8. The number of rotatable bonds is 6. The highest BCUT2D eigenvalue weighted by molar-refractivity contribution is 4.97. The largest absolute Gasteiger partial charge is 0.350 e. The number of hydrogen-bond donors (Lipinski definition) is 0. The summed E-state index contributed by atoms with van der Waals surface area (Å²) in [6.45, 7) is 8.27. The van der Waals surface area contributed by atoms with Crippen molar-refractivity contribution in [2.75, 3.05) is 13.2 Å². The predicted molar refractivity (Wildman–Crippen MR) is 62.8 cm³/mol. The molecule has 1 saturated heterocycles. The average molecular weight is 212 g/mol. The third kappa shape index (κ3) is 5.95. The Hall–Kier alpha value is -0.340. The smallest absolute Gasteiger partial charge is 0.158 e. The lowest BCUT2D eigenvalue weighted by Crippen LogP contribution is -2.06. The van der Waals surface area contributed by atoms with Gasteiger partial charge in [-0.05, 0) is 32.1 Å². The van der Waals surface area contributed by atoms with Crippen molar-refractivity contribution in [3.63, 3.8) is 0 Å². The maximum absolute atomic E-state index is 5.40. The zero-order chi connectivity index (χ0) is 11.1. The van der Waals surface area contributed by atoms with Gasteiger partial charge in [0.2, 0.25) is 0 Å². The van der Waals surface area contributed by atoms with Crippen LogP contribution in [0.1, 0.15) is 46.5 Å². The van der Waals surface area contributed by atoms with Crippen molar-refractivity contribution < 1.29 is 9.47 Å². The molecule has 1 fully saturated rings. The summed E-state index contributed by atoms with van der Waals surface area (Å²) >= 11 is 0. The molecular weight excluding hydrogens is 188 g/mol. The predicted octanol–water partition coefficient (Wildman–Crippen LogP) is 3.52. The minimum atomic E-state index is 0.0541. The van der Waals surface area contributed by atoms with E-state index in [1.54, 1.807) is 0 Å². The van der Waals surface area contributed by atoms with Crippen LogP contribution in [0, 0.1) is 5.92 Å². The van der Waals surface area contributed by atoms with Crippen LogP contribution in [0.15, 0.2) is 11.6 Å². The van der Waals surface area contributed by atoms with Gasteiger partial charge < -0.3 is 9.47 Å². The minimum Gasteiger partial charge on any atom is -0.350 e. The van der Waals surface area contributed by atoms with Gasteiger partial charge in [-0.2, -0.15) is 0 Å². The van der Waals surface area contributed by atoms with E-state index < -0.39 is 0 Å². The molecule has 0 unspecified atom stereocenters. The zero-order valence-corrected chi connectivity index (χ0v) is 10.3. The monoisotopic (exact) mass is 212 g/mol. The number of ether oxygens (including phenoxy) is 2. The summed E-state index contributed by atoms with van der Waals surface area (Å²) in [5.74, 6) is 0.801. The van der Waals surface area contributed by atoms with Crippen LogP contribution in [0.2, 0.25) is 0 Å². The van der Waals surface area contributed by atoms with Gasteiger partial charge in [-0.25, -0.2) is 0 Å². The Morgan fingerprint density at radius 1 is 1.33 bits per heavy atom. The molecule has 0 spiro atoms. The Balaban J connectivity index is 2.08. The Bertz CT molecular complexity index is 191. The second-order valence-corrected chi connectivity index (χ2v) is 4.73. The highest BCUT2D eigenvalue weighted by atomic mass is 16.7. The molecule has 2 nitrogen and oxygen atoms in total. The maximum atomic E-state index is 5.40. The summed E-state index contributed by atoms with van der Waals surface area (Å²) in [5.41, 5.74) is 1.47. The van der Waals surface area contributed by atoms with E-state index in [1.165, 1.54) is 18.4 Å². The third-order valence-electron chi connectivity index (χ3n) is 2.70. The second kappa shape index (κ2) is 7.02. The van der Waals surface area contributed by atoms with E-state index in [-0.39, 0.29) is 6.29 Å². The van der Waals surface area contributed by atoms with Crippen LogP contribution in [0.25, 0.3) is 0 Å². The van der Waals surface area contributed by atoms with Crippen molar-refractivity contribution in [2.45, 2.75) is 52.7 Å². The number of allylic oxidation sites excluding steroid dienone is 2. The standard InChI is InChI=1S/C13H24O2/c1-11(2)5-4-6-12(3)7-8-13-14-9-10-15-13/h6,11,13H,4-5,7-10H2,1-3H3. The molecule has 0 saturated carbocycles. The first-order valence-electron chi connectivity index (χ1n) is 6.07. The van der Waals surface area contributed by atoms with Crippen molar-refractivity contribution in [1.29, 1.82) is 0 Å². The van der Waals surface area contributed by atoms with Crippen LogP contribution in [0.5, 0.6) is 0 Å². The fourth-order valence-electron chi connectivity index (χ4n) is 1.68. The molecule has 0 radical (unpaired) electrons. The van der Waals surface area contributed by atoms with Crippen LogP contribution in [0.3, 0.4) is 0 Å². The molecule has 0 bridgehead atoms. The Kier molecular flexibility index (Phi) is 5.96. The van der Waals surface area contributed by atoms with Crippen LogP contribution in [0.4, 0.5) is 0 Å². The molecule has 88 valence electrons. The van der Waals surface area contributed by atoms with Crippen molar-refractivity contribution in [1.82, 2.24) is 0 Å². The van der Waals surface area contributed by atoms with Gasteiger partial charge in [0.05, 0.1) is 13.2 Å². The Labute approximate surface area is 93.7 Å². The van der Waals surface area contributed by atoms with Crippen molar-refractivity contribution in [3.05, 3.63) is 11.6 Å². The molecular formula is C13H24O2. The Morgan fingerprint density at radius 2 is 2.00 bits per heavy atom. The molecule has 0 amide bonds. The fourth-order valence-corrected chi connectivity index (χ4v) is 1.68. The lowest BCUT2D eigenvalue weighted by Gasteiger charge is -2.08. The molecule has 0 atom stereocenters. The summed E-state index contributed by atoms with van der Waals surface area (Å²) in [5, 5.41) is 0. The molecule has 0 aliphatic carbocycles. The van der Waals surface area contributed by atoms with Gasteiger partial charge >= 0.3 is 0 Å². The van der Waals surface area contributed by atoms with E-state index in [0.717, 1.165) is 32.0 Å². The highest BCUT2D eigenvalue weighted by Gasteiger charge is 2.14. The van der Waals surface area contributed by atoms with Crippen LogP contribution in [-0.2, 0) is 9.47 Å². The number of hydrogen-bond acceptors (Lipinski definition) is 2. The molecule has 0 aromatic carbocycles. The molecule has 1 aliphatic rings. The van der Waals surface area contributed by atoms with E-state index in [2.05, 4.69) is 26.8 Å². The summed E-state index contributed by atoms with van der Waals surface area (Å²) in [7, 11) is 0. The normalized spacial score (nSPS) is 19.1. The van der Waals surface area contributed by atoms with E-state index in [9.17, 15) is 0 Å². The average Bonchev–Trinajstić information content (AvgIpc) is 2.66. The van der Waals surface area contributed by atoms with E-state index in [4.69, 9.17) is 9.47 Å². The van der Waals surface area contributed by atoms with Crippen molar-refractivity contribution in [3.8, 4) is 0 Å². The van der Waals surface area contributed by atoms with Gasteiger partial charge in [0.1, 0.15) is 0 Å². The summed E-state index contributed by atoms with van der Waals surface area (Å²) in [6, 6.07) is 0. The molecule has 2 heteroatoms. The molecule has 0 N–H and O–H groups in total. The minimum absolute atomic E-state index is 0.0541. The van der Waals surface area contributed by atoms with Gasteiger partial charge in [0.25, 0.3) is 0 Å². The summed E-state index contributed by atoms with van der Waals surface area (Å²) in [6.07, 6.45) is 7.00. The Morgan fingerprint density at radius 3 is 2.60 bits per heavy atom. The maximum Gasteiger partial charge on any atom is 0.158 e. The molecule has 1 aliphatic heterocycles. The molecule has 0 aromatic rings. The first-order valence-corrected chi connectivity index (χ1v) is 6.07. The first-order chi connectivity index (χ1) is 7.18. The first kappa shape index (κ1) is 12.7. The second-order valence-electron chi connectivity index (χ2n) is 4.73.